The van der Waals surface area contributed by atoms with E-state index in [9.17, 15) is 19.2 Å². The van der Waals surface area contributed by atoms with Gasteiger partial charge in [-0.15, -0.1) is 0 Å². The maximum Gasteiger partial charge on any atom is 0.345 e. The fourth-order valence-corrected chi connectivity index (χ4v) is 2.28. The van der Waals surface area contributed by atoms with Crippen molar-refractivity contribution < 1.29 is 19.2 Å². The van der Waals surface area contributed by atoms with Gasteiger partial charge in [-0.1, -0.05) is 6.07 Å². The van der Waals surface area contributed by atoms with Crippen LogP contribution in [0.25, 0.3) is 0 Å². The molecule has 2 aliphatic heterocycles. The molecule has 120 valence electrons. The summed E-state index contributed by atoms with van der Waals surface area (Å²) in [6.07, 6.45) is 1.36. The molecule has 11 heteroatoms. The van der Waals surface area contributed by atoms with Crippen LogP contribution >= 0.6 is 0 Å². The Labute approximate surface area is 134 Å². The summed E-state index contributed by atoms with van der Waals surface area (Å²) < 4.78 is 0. The van der Waals surface area contributed by atoms with E-state index < -0.39 is 35.4 Å². The molecule has 2 heterocycles. The van der Waals surface area contributed by atoms with Crippen LogP contribution in [0, 0.1) is 11.5 Å². The zero-order chi connectivity index (χ0) is 17.5. The van der Waals surface area contributed by atoms with Crippen LogP contribution in [0.5, 0.6) is 0 Å². The average molecular weight is 327 g/mol. The zero-order valence-corrected chi connectivity index (χ0v) is 11.9. The molecule has 1 fully saturated rings. The van der Waals surface area contributed by atoms with Crippen molar-refractivity contribution in [2.75, 3.05) is 5.73 Å². The minimum atomic E-state index is -2.03. The van der Waals surface area contributed by atoms with Crippen molar-refractivity contribution in [3.63, 3.8) is 0 Å². The summed E-state index contributed by atoms with van der Waals surface area (Å²) in [6.45, 7) is 0. The van der Waals surface area contributed by atoms with E-state index in [0.29, 0.717) is 5.69 Å². The number of hydrogen-bond acceptors (Lipinski definition) is 6. The predicted octanol–water partition coefficient (Wildman–Crippen LogP) is -1.15. The van der Waals surface area contributed by atoms with Gasteiger partial charge < -0.3 is 11.1 Å². The number of nitriles is 1. The summed E-state index contributed by atoms with van der Waals surface area (Å²) in [5.41, 5.74) is 5.53. The van der Waals surface area contributed by atoms with E-state index in [4.69, 9.17) is 11.0 Å². The van der Waals surface area contributed by atoms with E-state index in [-0.39, 0.29) is 10.5 Å². The second kappa shape index (κ2) is 5.06. The summed E-state index contributed by atoms with van der Waals surface area (Å²) in [7, 11) is 0. The highest BCUT2D eigenvalue weighted by Gasteiger charge is 2.55. The van der Waals surface area contributed by atoms with Gasteiger partial charge in [-0.25, -0.2) is 9.59 Å². The van der Waals surface area contributed by atoms with Crippen LogP contribution in [0.1, 0.15) is 10.4 Å². The number of aliphatic imine (C=N–C) groups is 1. The van der Waals surface area contributed by atoms with Gasteiger partial charge >= 0.3 is 12.1 Å². The molecule has 0 aliphatic carbocycles. The van der Waals surface area contributed by atoms with E-state index in [0.717, 1.165) is 0 Å². The number of rotatable bonds is 2. The second-order valence-corrected chi connectivity index (χ2v) is 4.89. The van der Waals surface area contributed by atoms with Crippen molar-refractivity contribution in [3.05, 3.63) is 29.8 Å². The van der Waals surface area contributed by atoms with Gasteiger partial charge in [0.05, 0.1) is 0 Å². The molecule has 1 aromatic carbocycles. The van der Waals surface area contributed by atoms with Gasteiger partial charge in [-0.05, 0) is 18.2 Å². The molecule has 6 amide bonds. The molecule has 3 rings (SSSR count). The number of carbonyl (C=O) groups is 4. The molecule has 24 heavy (non-hydrogen) atoms. The molecular formula is C13H9N7O4. The molecule has 1 saturated heterocycles. The first-order valence-electron chi connectivity index (χ1n) is 6.52. The maximum atomic E-state index is 12.4. The topological polar surface area (TPSA) is 170 Å². The highest BCUT2D eigenvalue weighted by Crippen LogP contribution is 2.18. The summed E-state index contributed by atoms with van der Waals surface area (Å²) >= 11 is 0. The molecular weight excluding hydrogens is 318 g/mol. The highest BCUT2D eigenvalue weighted by atomic mass is 16.2. The quantitative estimate of drug-likeness (QED) is 0.394. The summed E-state index contributed by atoms with van der Waals surface area (Å²) in [6, 6.07) is 3.85. The third-order valence-corrected chi connectivity index (χ3v) is 3.32. The van der Waals surface area contributed by atoms with Gasteiger partial charge in [0.1, 0.15) is 0 Å². The number of urea groups is 2. The first kappa shape index (κ1) is 15.0. The van der Waals surface area contributed by atoms with E-state index >= 15 is 0 Å². The first-order valence-corrected chi connectivity index (χ1v) is 6.52. The number of anilines is 1. The molecule has 0 bridgehead atoms. The van der Waals surface area contributed by atoms with Crippen molar-refractivity contribution in [3.8, 4) is 6.19 Å². The Balaban J connectivity index is 1.96. The van der Waals surface area contributed by atoms with Crippen molar-refractivity contribution in [1.29, 1.82) is 5.26 Å². The predicted molar refractivity (Wildman–Crippen MR) is 78.0 cm³/mol. The Bertz CT molecular complexity index is 871. The van der Waals surface area contributed by atoms with Gasteiger partial charge in [0.2, 0.25) is 5.79 Å². The summed E-state index contributed by atoms with van der Waals surface area (Å²) in [5.74, 6) is -3.87. The van der Waals surface area contributed by atoms with E-state index in [1.165, 1.54) is 24.4 Å². The average Bonchev–Trinajstić information content (AvgIpc) is 2.83. The smallest absolute Gasteiger partial charge is 0.345 e. The number of benzene rings is 1. The van der Waals surface area contributed by atoms with Crippen molar-refractivity contribution in [2.24, 2.45) is 4.99 Å². The number of nitrogens with zero attached hydrogens (tertiary/aromatic N) is 3. The van der Waals surface area contributed by atoms with Gasteiger partial charge in [0.25, 0.3) is 11.8 Å². The molecule has 5 N–H and O–H groups in total. The lowest BCUT2D eigenvalue weighted by Gasteiger charge is -2.36. The fraction of sp³-hybridized carbons (Fsp3) is 0.0769. The van der Waals surface area contributed by atoms with Gasteiger partial charge in [0.15, 0.2) is 11.9 Å². The third kappa shape index (κ3) is 2.18. The Morgan fingerprint density at radius 3 is 2.75 bits per heavy atom. The van der Waals surface area contributed by atoms with Crippen LogP contribution in [-0.2, 0) is 4.79 Å². The molecule has 2 aliphatic rings. The van der Waals surface area contributed by atoms with E-state index in [1.54, 1.807) is 6.07 Å². The van der Waals surface area contributed by atoms with E-state index in [1.807, 2.05) is 0 Å². The maximum absolute atomic E-state index is 12.4. The van der Waals surface area contributed by atoms with Crippen molar-refractivity contribution >= 4 is 35.3 Å². The second-order valence-electron chi connectivity index (χ2n) is 4.89. The molecule has 0 aromatic heterocycles. The van der Waals surface area contributed by atoms with Crippen LogP contribution < -0.4 is 21.7 Å². The number of amides is 6. The number of carbonyl (C=O) groups excluding carboxylic acids is 4. The first-order chi connectivity index (χ1) is 11.4. The van der Waals surface area contributed by atoms with Crippen LogP contribution in [0.4, 0.5) is 15.3 Å². The zero-order valence-electron chi connectivity index (χ0n) is 11.9. The Hall–Kier alpha value is -3.94. The number of nitrogens with two attached hydrogens (primary N) is 1. The number of fused-ring (bicyclic) bond motifs is 1. The number of nitrogens with one attached hydrogen (secondary N) is 3. The third-order valence-electron chi connectivity index (χ3n) is 3.32. The van der Waals surface area contributed by atoms with Gasteiger partial charge in [0, 0.05) is 11.3 Å². The summed E-state index contributed by atoms with van der Waals surface area (Å²) in [4.78, 5) is 51.5. The molecule has 0 radical (unpaired) electrons. The van der Waals surface area contributed by atoms with Crippen LogP contribution in [0.15, 0.2) is 29.3 Å². The monoisotopic (exact) mass is 327 g/mol. The van der Waals surface area contributed by atoms with Crippen LogP contribution in [0.3, 0.4) is 0 Å². The standard InChI is InChI=1S/C13H9N7O4/c14-5-20-10(22)8-13(19-12(20)24,18-11(23)16-8)17-9(21)6-2-1-3-7(15)4-6/h1-4H,15H2,(H,17,21)(H,18,23)(H,19,24). The Kier molecular flexibility index (Phi) is 3.16. The highest BCUT2D eigenvalue weighted by molar-refractivity contribution is 6.49. The lowest BCUT2D eigenvalue weighted by molar-refractivity contribution is -0.120. The largest absolute Gasteiger partial charge is 0.399 e. The SMILES string of the molecule is N#CN1C(=O)NC2(NC(=O)c3cccc(N)c3)NC(=O)N=C2C1=O. The fourth-order valence-electron chi connectivity index (χ4n) is 2.28. The number of nitrogen functional groups attached to an aromatic ring is 1. The molecule has 1 atom stereocenters. The molecule has 1 unspecified atom stereocenters. The normalized spacial score (nSPS) is 22.0. The molecule has 0 saturated carbocycles. The lowest BCUT2D eigenvalue weighted by atomic mass is 10.1. The van der Waals surface area contributed by atoms with Crippen LogP contribution in [-0.4, -0.2) is 40.3 Å². The lowest BCUT2D eigenvalue weighted by Crippen LogP contribution is -2.78. The number of hydrogen-bond donors (Lipinski definition) is 4. The Morgan fingerprint density at radius 2 is 2.08 bits per heavy atom. The van der Waals surface area contributed by atoms with Crippen molar-refractivity contribution in [2.45, 2.75) is 5.79 Å². The van der Waals surface area contributed by atoms with Gasteiger partial charge in [-0.2, -0.15) is 15.2 Å². The molecule has 0 spiro atoms. The van der Waals surface area contributed by atoms with Crippen LogP contribution in [0.2, 0.25) is 0 Å². The molecule has 11 nitrogen and oxygen atoms in total. The minimum Gasteiger partial charge on any atom is -0.399 e. The van der Waals surface area contributed by atoms with Crippen molar-refractivity contribution in [1.82, 2.24) is 20.9 Å². The Morgan fingerprint density at radius 1 is 1.33 bits per heavy atom. The number of imide groups is 1. The summed E-state index contributed by atoms with van der Waals surface area (Å²) in [5, 5.41) is 15.5. The molecule has 1 aromatic rings. The van der Waals surface area contributed by atoms with Gasteiger partial charge in [-0.3, -0.25) is 20.2 Å². The van der Waals surface area contributed by atoms with E-state index in [2.05, 4.69) is 20.9 Å². The minimum absolute atomic E-state index is 0.134.